The molecule has 590 valence electrons. The van der Waals surface area contributed by atoms with Gasteiger partial charge in [0, 0.05) is 38.0 Å². The van der Waals surface area contributed by atoms with E-state index in [9.17, 15) is 14.4 Å². The topological polar surface area (TPSA) is 134 Å². The summed E-state index contributed by atoms with van der Waals surface area (Å²) in [7, 11) is 0. The van der Waals surface area contributed by atoms with E-state index in [1.165, 1.54) is 134 Å². The second kappa shape index (κ2) is 60.1. The Morgan fingerprint density at radius 1 is 0.250 bits per heavy atom. The first-order chi connectivity index (χ1) is 53.3. The van der Waals surface area contributed by atoms with Crippen LogP contribution in [0.15, 0.2) is 164 Å². The SMILES string of the molecule is CCCCCCOc1ccc(-c2ccc(C=CC(=O)OCCCCCCCCCCOCC(COCCCCCCCCCCOC(=O)C=Cc3ccc(-c4ccc(OCCCCCC)cc4)cc3)OCCCCCCCCCCOC(=O)C=Cc3ccc(-c4ccc(OCCCCCC)cc4)cc3)cc2)cc1. The van der Waals surface area contributed by atoms with Crippen molar-refractivity contribution in [1.29, 1.82) is 0 Å². The lowest BCUT2D eigenvalue weighted by atomic mass is 10.0. The maximum atomic E-state index is 12.5. The van der Waals surface area contributed by atoms with E-state index in [0.717, 1.165) is 216 Å². The standard InChI is InChI=1S/C96H134O12/c1-4-7-10-33-72-102-90-61-55-87(56-62-90)84-49-40-81(41-50-84)46-67-94(97)106-76-37-28-22-15-13-19-25-31-70-100-79-93(105-75-36-27-21-17-18-24-30-39-78-108-96(99)69-48-83-44-53-86(54-45-83)89-59-65-92(66-60-89)104-74-35-12-9-6-3)80-101-71-32-26-20-14-16-23-29-38-77-107-95(98)68-47-82-42-51-85(52-43-82)88-57-63-91(64-58-88)103-73-34-11-8-5-2/h40-69,93H,4-39,70-80H2,1-3H3. The Hall–Kier alpha value is -7.77. The minimum atomic E-state index is -0.303. The molecule has 0 amide bonds. The van der Waals surface area contributed by atoms with Crippen molar-refractivity contribution in [3.05, 3.63) is 181 Å². The molecule has 0 heterocycles. The number of unbranched alkanes of at least 4 members (excludes halogenated alkanes) is 30. The van der Waals surface area contributed by atoms with Gasteiger partial charge in [-0.1, -0.05) is 303 Å². The highest BCUT2D eigenvalue weighted by atomic mass is 16.6. The molecule has 0 fully saturated rings. The normalized spacial score (nSPS) is 11.8. The van der Waals surface area contributed by atoms with Gasteiger partial charge in [0.25, 0.3) is 0 Å². The van der Waals surface area contributed by atoms with Gasteiger partial charge in [-0.2, -0.15) is 0 Å². The third kappa shape index (κ3) is 42.8. The first-order valence-electron chi connectivity index (χ1n) is 42.1. The maximum Gasteiger partial charge on any atom is 0.330 e. The fourth-order valence-electron chi connectivity index (χ4n) is 12.7. The van der Waals surface area contributed by atoms with Crippen molar-refractivity contribution in [3.8, 4) is 50.6 Å². The molecule has 0 aliphatic rings. The minimum Gasteiger partial charge on any atom is -0.494 e. The van der Waals surface area contributed by atoms with Gasteiger partial charge in [0.2, 0.25) is 0 Å². The number of esters is 3. The number of rotatable bonds is 65. The van der Waals surface area contributed by atoms with Crippen LogP contribution in [0, 0.1) is 0 Å². The molecule has 12 nitrogen and oxygen atoms in total. The van der Waals surface area contributed by atoms with Crippen molar-refractivity contribution in [1.82, 2.24) is 0 Å². The number of hydrogen-bond donors (Lipinski definition) is 0. The summed E-state index contributed by atoms with van der Waals surface area (Å²) in [4.78, 5) is 37.4. The third-order valence-corrected chi connectivity index (χ3v) is 19.4. The van der Waals surface area contributed by atoms with Gasteiger partial charge >= 0.3 is 17.9 Å². The molecule has 0 saturated heterocycles. The van der Waals surface area contributed by atoms with E-state index in [2.05, 4.69) is 93.6 Å². The van der Waals surface area contributed by atoms with Gasteiger partial charge in [-0.25, -0.2) is 14.4 Å². The van der Waals surface area contributed by atoms with Gasteiger partial charge in [0.05, 0.1) is 52.9 Å². The summed E-state index contributed by atoms with van der Waals surface area (Å²) in [6.45, 7) is 13.5. The highest BCUT2D eigenvalue weighted by molar-refractivity contribution is 5.88. The van der Waals surface area contributed by atoms with Crippen LogP contribution in [0.1, 0.15) is 269 Å². The van der Waals surface area contributed by atoms with Crippen molar-refractivity contribution in [2.75, 3.05) is 72.7 Å². The summed E-state index contributed by atoms with van der Waals surface area (Å²) in [5.74, 6) is 1.81. The number of hydrogen-bond acceptors (Lipinski definition) is 12. The number of benzene rings is 6. The molecule has 0 atom stereocenters. The summed E-state index contributed by atoms with van der Waals surface area (Å²) in [5.41, 5.74) is 9.63. The molecule has 6 aromatic carbocycles. The molecule has 0 N–H and O–H groups in total. The summed E-state index contributed by atoms with van der Waals surface area (Å²) >= 11 is 0. The van der Waals surface area contributed by atoms with Crippen molar-refractivity contribution >= 4 is 36.1 Å². The van der Waals surface area contributed by atoms with Crippen molar-refractivity contribution < 1.29 is 57.0 Å². The van der Waals surface area contributed by atoms with E-state index < -0.39 is 0 Å². The molecule has 12 heteroatoms. The molecular formula is C96H134O12. The Labute approximate surface area is 651 Å². The Balaban J connectivity index is 0.767. The average molecular weight is 1480 g/mol. The third-order valence-electron chi connectivity index (χ3n) is 19.4. The van der Waals surface area contributed by atoms with E-state index in [1.54, 1.807) is 0 Å². The molecule has 0 aliphatic heterocycles. The van der Waals surface area contributed by atoms with E-state index >= 15 is 0 Å². The van der Waals surface area contributed by atoms with Crippen molar-refractivity contribution in [2.24, 2.45) is 0 Å². The van der Waals surface area contributed by atoms with Crippen LogP contribution < -0.4 is 14.2 Å². The fraction of sp³-hybridized carbons (Fsp3) is 0.531. The van der Waals surface area contributed by atoms with Gasteiger partial charge in [-0.05, 0) is 162 Å². The van der Waals surface area contributed by atoms with Crippen LogP contribution in [0.5, 0.6) is 17.2 Å². The molecule has 6 rings (SSSR count). The second-order valence-corrected chi connectivity index (χ2v) is 28.8. The first-order valence-corrected chi connectivity index (χ1v) is 42.1. The van der Waals surface area contributed by atoms with Crippen LogP contribution in [0.4, 0.5) is 0 Å². The van der Waals surface area contributed by atoms with Gasteiger partial charge in [0.15, 0.2) is 0 Å². The van der Waals surface area contributed by atoms with Crippen LogP contribution in [-0.2, 0) is 42.8 Å². The van der Waals surface area contributed by atoms with Crippen LogP contribution in [0.2, 0.25) is 0 Å². The summed E-state index contributed by atoms with van der Waals surface area (Å²) in [6, 6.07) is 49.4. The Morgan fingerprint density at radius 3 is 0.722 bits per heavy atom. The van der Waals surface area contributed by atoms with Gasteiger partial charge in [-0.15, -0.1) is 0 Å². The van der Waals surface area contributed by atoms with E-state index in [0.29, 0.717) is 39.6 Å². The summed E-state index contributed by atoms with van der Waals surface area (Å²) in [5, 5.41) is 0. The molecular weight excluding hydrogens is 1350 g/mol. The number of carbonyl (C=O) groups excluding carboxylic acids is 3. The zero-order valence-electron chi connectivity index (χ0n) is 66.5. The quantitative estimate of drug-likeness (QED) is 0.0156. The maximum absolute atomic E-state index is 12.5. The summed E-state index contributed by atoms with van der Waals surface area (Å²) < 4.78 is 53.1. The molecule has 0 radical (unpaired) electrons. The molecule has 0 aromatic heterocycles. The Kier molecular flexibility index (Phi) is 49.6. The molecule has 0 aliphatic carbocycles. The monoisotopic (exact) mass is 1480 g/mol. The second-order valence-electron chi connectivity index (χ2n) is 28.8. The number of ether oxygens (including phenoxy) is 9. The van der Waals surface area contributed by atoms with Crippen LogP contribution in [-0.4, -0.2) is 96.7 Å². The molecule has 0 spiro atoms. The van der Waals surface area contributed by atoms with Gasteiger partial charge in [-0.3, -0.25) is 0 Å². The lowest BCUT2D eigenvalue weighted by Crippen LogP contribution is -2.26. The molecule has 6 aromatic rings. The average Bonchev–Trinajstić information content (AvgIpc) is 0.866. The number of carbonyl (C=O) groups is 3. The fourth-order valence-corrected chi connectivity index (χ4v) is 12.7. The molecule has 108 heavy (non-hydrogen) atoms. The van der Waals surface area contributed by atoms with E-state index in [1.807, 2.05) is 91.0 Å². The molecule has 0 saturated carbocycles. The summed E-state index contributed by atoms with van der Waals surface area (Å²) in [6.07, 6.45) is 50.6. The largest absolute Gasteiger partial charge is 0.494 e. The van der Waals surface area contributed by atoms with E-state index in [-0.39, 0.29) is 24.0 Å². The van der Waals surface area contributed by atoms with Crippen LogP contribution in [0.3, 0.4) is 0 Å². The van der Waals surface area contributed by atoms with Gasteiger partial charge < -0.3 is 42.6 Å². The lowest BCUT2D eigenvalue weighted by molar-refractivity contribution is -0.138. The highest BCUT2D eigenvalue weighted by Gasteiger charge is 2.12. The lowest BCUT2D eigenvalue weighted by Gasteiger charge is -2.18. The van der Waals surface area contributed by atoms with Crippen LogP contribution in [0.25, 0.3) is 51.6 Å². The predicted molar refractivity (Wildman–Crippen MR) is 447 cm³/mol. The zero-order chi connectivity index (χ0) is 76.0. The smallest absolute Gasteiger partial charge is 0.330 e. The van der Waals surface area contributed by atoms with Crippen molar-refractivity contribution in [3.63, 3.8) is 0 Å². The van der Waals surface area contributed by atoms with E-state index in [4.69, 9.17) is 42.6 Å². The highest BCUT2D eigenvalue weighted by Crippen LogP contribution is 2.28. The Bertz CT molecular complexity index is 3150. The molecule has 0 unspecified atom stereocenters. The first kappa shape index (κ1) is 89.1. The van der Waals surface area contributed by atoms with Crippen molar-refractivity contribution in [2.45, 2.75) is 258 Å². The van der Waals surface area contributed by atoms with Crippen LogP contribution >= 0.6 is 0 Å². The molecule has 0 bridgehead atoms. The Morgan fingerprint density at radius 2 is 0.463 bits per heavy atom. The minimum absolute atomic E-state index is 0.0811. The predicted octanol–water partition coefficient (Wildman–Crippen LogP) is 25.4. The zero-order valence-corrected chi connectivity index (χ0v) is 66.5. The van der Waals surface area contributed by atoms with Gasteiger partial charge in [0.1, 0.15) is 23.4 Å².